The van der Waals surface area contributed by atoms with Gasteiger partial charge in [0.25, 0.3) is 0 Å². The van der Waals surface area contributed by atoms with Crippen molar-refractivity contribution >= 4 is 11.3 Å². The highest BCUT2D eigenvalue weighted by Crippen LogP contribution is 2.23. The van der Waals surface area contributed by atoms with Gasteiger partial charge in [-0.3, -0.25) is 7.05 Å². The lowest BCUT2D eigenvalue weighted by atomic mass is 10.1. The molecule has 1 aliphatic heterocycles. The second-order valence-corrected chi connectivity index (χ2v) is 3.67. The molecule has 0 unspecified atom stereocenters. The highest BCUT2D eigenvalue weighted by atomic mass is 32.1. The van der Waals surface area contributed by atoms with Crippen LogP contribution in [0, 0.1) is 7.05 Å². The van der Waals surface area contributed by atoms with Crippen LogP contribution in [0.1, 0.15) is 10.4 Å². The van der Waals surface area contributed by atoms with Crippen molar-refractivity contribution in [1.29, 1.82) is 0 Å². The summed E-state index contributed by atoms with van der Waals surface area (Å²) in [5.41, 5.74) is 1.53. The van der Waals surface area contributed by atoms with Crippen LogP contribution in [-0.4, -0.2) is 11.4 Å². The van der Waals surface area contributed by atoms with Crippen LogP contribution in [0.3, 0.4) is 0 Å². The summed E-state index contributed by atoms with van der Waals surface area (Å²) in [6, 6.07) is 2.23. The molecule has 1 nitrogen and oxygen atoms in total. The summed E-state index contributed by atoms with van der Waals surface area (Å²) in [5.74, 6) is 0. The van der Waals surface area contributed by atoms with E-state index in [2.05, 4.69) is 23.4 Å². The predicted octanol–water partition coefficient (Wildman–Crippen LogP) is 1.90. The molecular weight excluding hydrogens is 142 g/mol. The van der Waals surface area contributed by atoms with Gasteiger partial charge in [0, 0.05) is 11.4 Å². The highest BCUT2D eigenvalue weighted by Gasteiger charge is 2.09. The Morgan fingerprint density at radius 1 is 1.60 bits per heavy atom. The number of fused-ring (bicyclic) bond motifs is 1. The minimum absolute atomic E-state index is 1.05. The normalized spacial score (nSPS) is 18.9. The number of hydrogen-bond donors (Lipinski definition) is 0. The number of hydrogen-bond acceptors (Lipinski definition) is 2. The van der Waals surface area contributed by atoms with Gasteiger partial charge in [0.05, 0.1) is 0 Å². The minimum Gasteiger partial charge on any atom is -0.455 e. The molecule has 1 aromatic rings. The molecule has 0 bridgehead atoms. The second kappa shape index (κ2) is 2.36. The van der Waals surface area contributed by atoms with Crippen LogP contribution >= 0.6 is 11.3 Å². The highest BCUT2D eigenvalue weighted by molar-refractivity contribution is 7.10. The first-order chi connectivity index (χ1) is 4.86. The Hall–Kier alpha value is -0.340. The smallest absolute Gasteiger partial charge is 0.0193 e. The maximum Gasteiger partial charge on any atom is 0.0193 e. The van der Waals surface area contributed by atoms with Crippen LogP contribution in [0.2, 0.25) is 0 Å². The van der Waals surface area contributed by atoms with Gasteiger partial charge in [-0.25, -0.2) is 0 Å². The van der Waals surface area contributed by atoms with Crippen LogP contribution in [0.25, 0.3) is 0 Å². The quantitative estimate of drug-likeness (QED) is 0.513. The first kappa shape index (κ1) is 6.38. The maximum atomic E-state index is 3.92. The van der Waals surface area contributed by atoms with Gasteiger partial charge < -0.3 is 4.90 Å². The first-order valence-electron chi connectivity index (χ1n) is 3.47. The molecule has 0 atom stereocenters. The minimum atomic E-state index is 1.05. The van der Waals surface area contributed by atoms with Crippen molar-refractivity contribution < 1.29 is 0 Å². The zero-order chi connectivity index (χ0) is 6.97. The number of thiophene rings is 1. The van der Waals surface area contributed by atoms with E-state index >= 15 is 0 Å². The van der Waals surface area contributed by atoms with E-state index in [-0.39, 0.29) is 0 Å². The molecule has 0 N–H and O–H groups in total. The molecule has 1 aromatic heterocycles. The molecule has 0 aliphatic carbocycles. The average molecular weight is 152 g/mol. The Morgan fingerprint density at radius 3 is 3.40 bits per heavy atom. The van der Waals surface area contributed by atoms with Crippen molar-refractivity contribution in [3.63, 3.8) is 0 Å². The third-order valence-corrected chi connectivity index (χ3v) is 2.85. The van der Waals surface area contributed by atoms with Gasteiger partial charge in [-0.05, 0) is 30.0 Å². The van der Waals surface area contributed by atoms with Crippen molar-refractivity contribution in [1.82, 2.24) is 4.90 Å². The SMILES string of the molecule is [CH2-]N1CCc2ccsc2C1. The molecule has 0 radical (unpaired) electrons. The van der Waals surface area contributed by atoms with E-state index in [1.807, 2.05) is 11.3 Å². The topological polar surface area (TPSA) is 3.24 Å². The lowest BCUT2D eigenvalue weighted by Gasteiger charge is -2.29. The van der Waals surface area contributed by atoms with E-state index in [1.54, 1.807) is 0 Å². The molecule has 0 fully saturated rings. The van der Waals surface area contributed by atoms with Crippen molar-refractivity contribution in [2.45, 2.75) is 13.0 Å². The van der Waals surface area contributed by atoms with Gasteiger partial charge in [-0.1, -0.05) is 0 Å². The Labute approximate surface area is 65.3 Å². The molecule has 54 valence electrons. The van der Waals surface area contributed by atoms with Gasteiger partial charge in [-0.15, -0.1) is 11.3 Å². The van der Waals surface area contributed by atoms with Gasteiger partial charge in [-0.2, -0.15) is 0 Å². The molecule has 2 rings (SSSR count). The van der Waals surface area contributed by atoms with Crippen LogP contribution < -0.4 is 0 Å². The standard InChI is InChI=1S/C8H10NS/c1-9-4-2-7-3-5-10-8(7)6-9/h3,5H,1-2,4,6H2/q-1. The largest absolute Gasteiger partial charge is 0.455 e. The second-order valence-electron chi connectivity index (χ2n) is 2.67. The zero-order valence-electron chi connectivity index (χ0n) is 5.84. The summed E-state index contributed by atoms with van der Waals surface area (Å²) in [6.45, 7) is 2.16. The van der Waals surface area contributed by atoms with Gasteiger partial charge in [0.2, 0.25) is 0 Å². The van der Waals surface area contributed by atoms with Crippen LogP contribution in [0.4, 0.5) is 0 Å². The van der Waals surface area contributed by atoms with Gasteiger partial charge in [0.15, 0.2) is 0 Å². The first-order valence-corrected chi connectivity index (χ1v) is 4.35. The fraction of sp³-hybridized carbons (Fsp3) is 0.375. The van der Waals surface area contributed by atoms with Gasteiger partial charge in [0.1, 0.15) is 0 Å². The third-order valence-electron chi connectivity index (χ3n) is 1.90. The third kappa shape index (κ3) is 0.976. The lowest BCUT2D eigenvalue weighted by Crippen LogP contribution is -2.23. The summed E-state index contributed by atoms with van der Waals surface area (Å²) in [7, 11) is 3.92. The molecule has 2 heteroatoms. The van der Waals surface area contributed by atoms with E-state index in [0.717, 1.165) is 13.1 Å². The summed E-state index contributed by atoms with van der Waals surface area (Å²) in [6.07, 6.45) is 1.18. The Bertz CT molecular complexity index is 229. The Kier molecular flexibility index (Phi) is 1.51. The fourth-order valence-electron chi connectivity index (χ4n) is 1.29. The van der Waals surface area contributed by atoms with E-state index in [0.29, 0.717) is 0 Å². The van der Waals surface area contributed by atoms with E-state index in [4.69, 9.17) is 0 Å². The Balaban J connectivity index is 2.30. The van der Waals surface area contributed by atoms with Crippen LogP contribution in [-0.2, 0) is 13.0 Å². The van der Waals surface area contributed by atoms with E-state index in [1.165, 1.54) is 16.9 Å². The summed E-state index contributed by atoms with van der Waals surface area (Å²) in [5, 5.41) is 2.17. The molecule has 0 spiro atoms. The summed E-state index contributed by atoms with van der Waals surface area (Å²) in [4.78, 5) is 3.62. The average Bonchev–Trinajstić information content (AvgIpc) is 2.33. The number of rotatable bonds is 0. The van der Waals surface area contributed by atoms with Crippen molar-refractivity contribution in [2.24, 2.45) is 0 Å². The van der Waals surface area contributed by atoms with Crippen LogP contribution in [0.15, 0.2) is 11.4 Å². The molecule has 0 saturated carbocycles. The maximum absolute atomic E-state index is 3.92. The van der Waals surface area contributed by atoms with Gasteiger partial charge >= 0.3 is 0 Å². The summed E-state index contributed by atoms with van der Waals surface area (Å²) < 4.78 is 0. The number of nitrogens with zero attached hydrogens (tertiary/aromatic N) is 1. The monoisotopic (exact) mass is 152 g/mol. The van der Waals surface area contributed by atoms with Crippen LogP contribution in [0.5, 0.6) is 0 Å². The molecule has 0 saturated heterocycles. The molecule has 1 aliphatic rings. The molecular formula is C8H10NS-. The molecule has 0 amide bonds. The fourth-order valence-corrected chi connectivity index (χ4v) is 2.26. The van der Waals surface area contributed by atoms with E-state index < -0.39 is 0 Å². The lowest BCUT2D eigenvalue weighted by molar-refractivity contribution is 0.352. The van der Waals surface area contributed by atoms with Crippen molar-refractivity contribution in [3.05, 3.63) is 28.9 Å². The molecule has 2 heterocycles. The van der Waals surface area contributed by atoms with Crippen molar-refractivity contribution in [2.75, 3.05) is 6.54 Å². The zero-order valence-corrected chi connectivity index (χ0v) is 6.66. The summed E-state index contributed by atoms with van der Waals surface area (Å²) >= 11 is 1.85. The Morgan fingerprint density at radius 2 is 2.50 bits per heavy atom. The molecule has 0 aromatic carbocycles. The molecule has 10 heavy (non-hydrogen) atoms. The van der Waals surface area contributed by atoms with E-state index in [9.17, 15) is 0 Å². The van der Waals surface area contributed by atoms with Crippen molar-refractivity contribution in [3.8, 4) is 0 Å². The predicted molar refractivity (Wildman–Crippen MR) is 43.8 cm³/mol.